The smallest absolute Gasteiger partial charge is 0.259 e. The zero-order chi connectivity index (χ0) is 15.4. The van der Waals surface area contributed by atoms with Crippen molar-refractivity contribution in [3.05, 3.63) is 33.7 Å². The molecule has 112 valence electrons. The highest BCUT2D eigenvalue weighted by Crippen LogP contribution is 2.10. The van der Waals surface area contributed by atoms with Crippen LogP contribution in [0.1, 0.15) is 29.4 Å². The van der Waals surface area contributed by atoms with E-state index in [0.717, 1.165) is 12.1 Å². The van der Waals surface area contributed by atoms with E-state index < -0.39 is 0 Å². The maximum absolute atomic E-state index is 12.4. The van der Waals surface area contributed by atoms with E-state index in [1.807, 2.05) is 6.92 Å². The van der Waals surface area contributed by atoms with Crippen LogP contribution in [0, 0.1) is 18.3 Å². The van der Waals surface area contributed by atoms with Crippen LogP contribution in [0.5, 0.6) is 0 Å². The fraction of sp³-hybridized carbons (Fsp3) is 0.533. The number of aryl methyl sites for hydroxylation is 1. The highest BCUT2D eigenvalue weighted by Gasteiger charge is 2.26. The number of hydrogen-bond donors (Lipinski definition) is 1. The molecule has 1 aliphatic heterocycles. The molecule has 6 nitrogen and oxygen atoms in total. The third kappa shape index (κ3) is 3.31. The summed E-state index contributed by atoms with van der Waals surface area (Å²) in [6.45, 7) is 6.19. The lowest BCUT2D eigenvalue weighted by Gasteiger charge is -2.36. The number of nitriles is 1. The molecule has 1 saturated heterocycles. The first-order valence-corrected chi connectivity index (χ1v) is 7.19. The number of piperazine rings is 1. The Kier molecular flexibility index (Phi) is 4.76. The van der Waals surface area contributed by atoms with Gasteiger partial charge in [-0.2, -0.15) is 5.26 Å². The molecule has 0 aliphatic carbocycles. The van der Waals surface area contributed by atoms with Gasteiger partial charge >= 0.3 is 0 Å². The number of aromatic nitrogens is 1. The predicted molar refractivity (Wildman–Crippen MR) is 79.0 cm³/mol. The molecule has 2 heterocycles. The minimum absolute atomic E-state index is 0.0926. The van der Waals surface area contributed by atoms with Crippen LogP contribution in [0.3, 0.4) is 0 Å². The van der Waals surface area contributed by atoms with Crippen LogP contribution in [0.2, 0.25) is 0 Å². The van der Waals surface area contributed by atoms with E-state index in [1.54, 1.807) is 11.8 Å². The molecule has 0 saturated carbocycles. The first-order valence-electron chi connectivity index (χ1n) is 7.19. The molecule has 21 heavy (non-hydrogen) atoms. The van der Waals surface area contributed by atoms with Gasteiger partial charge in [-0.05, 0) is 13.3 Å². The van der Waals surface area contributed by atoms with Crippen molar-refractivity contribution >= 4 is 5.91 Å². The Hall–Kier alpha value is -2.13. The van der Waals surface area contributed by atoms with Crippen molar-refractivity contribution in [2.24, 2.45) is 0 Å². The van der Waals surface area contributed by atoms with Crippen molar-refractivity contribution < 1.29 is 4.79 Å². The standard InChI is InChI=1S/C15H20N4O2/c1-3-12(9-16)18-4-6-19(7-5-18)15(21)13-10-17-11(2)8-14(13)20/h8,10,12H,3-7H2,1-2H3,(H,17,20). The molecule has 6 heteroatoms. The van der Waals surface area contributed by atoms with Gasteiger partial charge in [0.15, 0.2) is 5.43 Å². The predicted octanol–water partition coefficient (Wildman–Crippen LogP) is 0.743. The average molecular weight is 288 g/mol. The molecule has 0 spiro atoms. The van der Waals surface area contributed by atoms with Crippen molar-refractivity contribution in [3.8, 4) is 6.07 Å². The first-order chi connectivity index (χ1) is 10.1. The largest absolute Gasteiger partial charge is 0.364 e. The Morgan fingerprint density at radius 3 is 2.62 bits per heavy atom. The van der Waals surface area contributed by atoms with Crippen molar-refractivity contribution in [2.45, 2.75) is 26.3 Å². The number of carbonyl (C=O) groups excluding carboxylic acids is 1. The van der Waals surface area contributed by atoms with Crippen molar-refractivity contribution in [2.75, 3.05) is 26.2 Å². The molecular formula is C15H20N4O2. The summed E-state index contributed by atoms with van der Waals surface area (Å²) in [6.07, 6.45) is 2.26. The van der Waals surface area contributed by atoms with Gasteiger partial charge in [-0.1, -0.05) is 6.92 Å². The SMILES string of the molecule is CCC(C#N)N1CCN(C(=O)c2c[nH]c(C)cc2=O)CC1. The van der Waals surface area contributed by atoms with Crippen LogP contribution < -0.4 is 5.43 Å². The van der Waals surface area contributed by atoms with Gasteiger partial charge < -0.3 is 9.88 Å². The molecule has 1 aromatic heterocycles. The number of H-pyrrole nitrogens is 1. The Labute approximate surface area is 124 Å². The number of pyridine rings is 1. The Bertz CT molecular complexity index is 609. The van der Waals surface area contributed by atoms with Crippen molar-refractivity contribution in [1.82, 2.24) is 14.8 Å². The van der Waals surface area contributed by atoms with Gasteiger partial charge in [0.1, 0.15) is 5.56 Å². The summed E-state index contributed by atoms with van der Waals surface area (Å²) in [4.78, 5) is 30.9. The molecule has 1 aliphatic rings. The monoisotopic (exact) mass is 288 g/mol. The quantitative estimate of drug-likeness (QED) is 0.889. The number of nitrogens with zero attached hydrogens (tertiary/aromatic N) is 3. The van der Waals surface area contributed by atoms with Crippen LogP contribution in [-0.2, 0) is 0 Å². The van der Waals surface area contributed by atoms with Gasteiger partial charge in [-0.15, -0.1) is 0 Å². The van der Waals surface area contributed by atoms with Crippen LogP contribution in [-0.4, -0.2) is 52.9 Å². The summed E-state index contributed by atoms with van der Waals surface area (Å²) < 4.78 is 0. The van der Waals surface area contributed by atoms with Crippen molar-refractivity contribution in [1.29, 1.82) is 5.26 Å². The zero-order valence-electron chi connectivity index (χ0n) is 12.4. The number of nitrogens with one attached hydrogen (secondary N) is 1. The van der Waals surface area contributed by atoms with Crippen molar-refractivity contribution in [3.63, 3.8) is 0 Å². The van der Waals surface area contributed by atoms with Gasteiger partial charge in [-0.3, -0.25) is 14.5 Å². The fourth-order valence-corrected chi connectivity index (χ4v) is 2.58. The Balaban J connectivity index is 2.04. The molecule has 0 bridgehead atoms. The van der Waals surface area contributed by atoms with Gasteiger partial charge in [0.05, 0.1) is 12.1 Å². The lowest BCUT2D eigenvalue weighted by Crippen LogP contribution is -2.52. The molecule has 1 aromatic rings. The summed E-state index contributed by atoms with van der Waals surface area (Å²) in [6, 6.07) is 3.62. The summed E-state index contributed by atoms with van der Waals surface area (Å²) in [5.41, 5.74) is 0.671. The number of carbonyl (C=O) groups is 1. The lowest BCUT2D eigenvalue weighted by molar-refractivity contribution is 0.0603. The average Bonchev–Trinajstić information content (AvgIpc) is 2.48. The van der Waals surface area contributed by atoms with E-state index in [9.17, 15) is 9.59 Å². The normalized spacial score (nSPS) is 17.3. The number of hydrogen-bond acceptors (Lipinski definition) is 4. The van der Waals surface area contributed by atoms with E-state index in [0.29, 0.717) is 26.2 Å². The summed E-state index contributed by atoms with van der Waals surface area (Å²) in [5.74, 6) is -0.235. The van der Waals surface area contributed by atoms with Crippen LogP contribution >= 0.6 is 0 Å². The molecular weight excluding hydrogens is 268 g/mol. The third-order valence-corrected chi connectivity index (χ3v) is 3.87. The zero-order valence-corrected chi connectivity index (χ0v) is 12.4. The van der Waals surface area contributed by atoms with Crippen LogP contribution in [0.4, 0.5) is 0 Å². The number of aromatic amines is 1. The Morgan fingerprint density at radius 1 is 1.43 bits per heavy atom. The summed E-state index contributed by atoms with van der Waals surface area (Å²) in [5, 5.41) is 9.08. The highest BCUT2D eigenvalue weighted by molar-refractivity contribution is 5.93. The minimum Gasteiger partial charge on any atom is -0.364 e. The van der Waals surface area contributed by atoms with Gasteiger partial charge in [0.25, 0.3) is 5.91 Å². The summed E-state index contributed by atoms with van der Waals surface area (Å²) in [7, 11) is 0. The maximum atomic E-state index is 12.4. The first kappa shape index (κ1) is 15.3. The van der Waals surface area contributed by atoms with E-state index in [4.69, 9.17) is 5.26 Å². The second kappa shape index (κ2) is 6.55. The third-order valence-electron chi connectivity index (χ3n) is 3.87. The van der Waals surface area contributed by atoms with Gasteiger partial charge in [0, 0.05) is 44.1 Å². The second-order valence-corrected chi connectivity index (χ2v) is 5.28. The molecule has 1 fully saturated rings. The number of rotatable bonds is 3. The molecule has 1 unspecified atom stereocenters. The molecule has 1 amide bonds. The van der Waals surface area contributed by atoms with Crippen LogP contribution in [0.25, 0.3) is 0 Å². The maximum Gasteiger partial charge on any atom is 0.259 e. The second-order valence-electron chi connectivity index (χ2n) is 5.28. The molecule has 1 N–H and O–H groups in total. The summed E-state index contributed by atoms with van der Waals surface area (Å²) >= 11 is 0. The van der Waals surface area contributed by atoms with E-state index >= 15 is 0 Å². The van der Waals surface area contributed by atoms with E-state index in [2.05, 4.69) is 16.0 Å². The van der Waals surface area contributed by atoms with E-state index in [-0.39, 0.29) is 22.9 Å². The minimum atomic E-state index is -0.248. The molecule has 0 aromatic carbocycles. The molecule has 1 atom stereocenters. The molecule has 0 radical (unpaired) electrons. The Morgan fingerprint density at radius 2 is 2.10 bits per heavy atom. The molecule has 2 rings (SSSR count). The topological polar surface area (TPSA) is 80.2 Å². The van der Waals surface area contributed by atoms with E-state index in [1.165, 1.54) is 12.3 Å². The lowest BCUT2D eigenvalue weighted by atomic mass is 10.1. The van der Waals surface area contributed by atoms with Gasteiger partial charge in [-0.25, -0.2) is 0 Å². The fourth-order valence-electron chi connectivity index (χ4n) is 2.58. The van der Waals surface area contributed by atoms with Gasteiger partial charge in [0.2, 0.25) is 0 Å². The highest BCUT2D eigenvalue weighted by atomic mass is 16.2. The number of amides is 1. The van der Waals surface area contributed by atoms with Crippen LogP contribution in [0.15, 0.2) is 17.1 Å².